The van der Waals surface area contributed by atoms with Crippen LogP contribution in [0.2, 0.25) is 0 Å². The molecule has 0 aromatic heterocycles. The first-order chi connectivity index (χ1) is 16.8. The van der Waals surface area contributed by atoms with Crippen LogP contribution in [-0.2, 0) is 0 Å². The van der Waals surface area contributed by atoms with E-state index in [2.05, 4.69) is 156 Å². The zero-order valence-electron chi connectivity index (χ0n) is 24.9. The number of hydrogen-bond donors (Lipinski definition) is 0. The smallest absolute Gasteiger partial charge is 0.0392 e. The highest BCUT2D eigenvalue weighted by molar-refractivity contribution is 5.37. The van der Waals surface area contributed by atoms with Gasteiger partial charge in [-0.3, -0.25) is 0 Å². The summed E-state index contributed by atoms with van der Waals surface area (Å²) in [5, 5.41) is 0. The molecule has 216 valence electrons. The molecule has 0 aliphatic carbocycles. The van der Waals surface area contributed by atoms with Crippen LogP contribution in [0.3, 0.4) is 0 Å². The Labute approximate surface area is 244 Å². The van der Waals surface area contributed by atoms with Gasteiger partial charge in [-0.15, -0.1) is 0 Å². The summed E-state index contributed by atoms with van der Waals surface area (Å²) in [4.78, 5) is 0. The number of aryl methyl sites for hydroxylation is 10. The van der Waals surface area contributed by atoms with Crippen molar-refractivity contribution in [1.82, 2.24) is 0 Å². The molecular weight excluding hydrogens is 468 g/mol. The second kappa shape index (κ2) is 19.9. The van der Waals surface area contributed by atoms with E-state index in [0.29, 0.717) is 0 Å². The van der Waals surface area contributed by atoms with Crippen molar-refractivity contribution in [3.05, 3.63) is 140 Å². The summed E-state index contributed by atoms with van der Waals surface area (Å²) in [6.07, 6.45) is 0. The predicted octanol–water partition coefficient (Wildman–Crippen LogP) is 12.4. The van der Waals surface area contributed by atoms with Crippen molar-refractivity contribution in [2.24, 2.45) is 0 Å². The van der Waals surface area contributed by atoms with E-state index >= 15 is 0 Å². The minimum Gasteiger partial charge on any atom is -0.0776 e. The fraction of sp³-hybridized carbons (Fsp3) is 0.385. The van der Waals surface area contributed by atoms with Crippen LogP contribution in [-0.4, -0.2) is 0 Å². The van der Waals surface area contributed by atoms with E-state index < -0.39 is 0 Å². The molecule has 0 saturated carbocycles. The molecule has 0 unspecified atom stereocenters. The van der Waals surface area contributed by atoms with Crippen LogP contribution < -0.4 is 0 Å². The van der Waals surface area contributed by atoms with Gasteiger partial charge in [-0.05, 0) is 128 Å². The first-order valence-corrected chi connectivity index (χ1v) is 13.0. The number of rotatable bonds is 0. The van der Waals surface area contributed by atoms with Gasteiger partial charge in [0.15, 0.2) is 0 Å². The Morgan fingerprint density at radius 2 is 0.487 bits per heavy atom. The largest absolute Gasteiger partial charge is 0.0776 e. The average Bonchev–Trinajstić information content (AvgIpc) is 2.83. The third-order valence-electron chi connectivity index (χ3n) is 6.87. The quantitative estimate of drug-likeness (QED) is 0.213. The van der Waals surface area contributed by atoms with Crippen molar-refractivity contribution in [2.45, 2.75) is 105 Å². The fourth-order valence-electron chi connectivity index (χ4n) is 3.51. The lowest BCUT2D eigenvalue weighted by Gasteiger charge is -2.06. The number of hydrogen-bond acceptors (Lipinski definition) is 0. The molecule has 0 aliphatic rings. The van der Waals surface area contributed by atoms with Gasteiger partial charge in [0.1, 0.15) is 0 Å². The molecule has 0 atom stereocenters. The first-order valence-electron chi connectivity index (χ1n) is 13.0. The molecule has 0 amide bonds. The third-order valence-corrected chi connectivity index (χ3v) is 6.87. The SMILES string of the molecule is C.C.C.Cc1ccc(C)c(C)c1.Cc1ccc(C)c(C)c1.Cc1ccc(C)c(C)c1C.Cc1ccc(C)cc1. The first kappa shape index (κ1) is 40.4. The molecule has 0 fully saturated rings. The van der Waals surface area contributed by atoms with E-state index in [1.807, 2.05) is 0 Å². The average molecular weight is 529 g/mol. The Hall–Kier alpha value is -3.12. The van der Waals surface area contributed by atoms with Gasteiger partial charge in [-0.1, -0.05) is 117 Å². The summed E-state index contributed by atoms with van der Waals surface area (Å²) in [5.41, 5.74) is 16.5. The summed E-state index contributed by atoms with van der Waals surface area (Å²) in [7, 11) is 0. The molecule has 4 rings (SSSR count). The second-order valence-electron chi connectivity index (χ2n) is 10.3. The molecule has 0 saturated heterocycles. The van der Waals surface area contributed by atoms with Gasteiger partial charge in [-0.25, -0.2) is 0 Å². The maximum atomic E-state index is 2.20. The Kier molecular flexibility index (Phi) is 20.6. The normalized spacial score (nSPS) is 8.92. The van der Waals surface area contributed by atoms with Gasteiger partial charge in [0.25, 0.3) is 0 Å². The Bertz CT molecular complexity index is 1130. The molecule has 4 aromatic rings. The molecule has 0 nitrogen and oxygen atoms in total. The fourth-order valence-corrected chi connectivity index (χ4v) is 3.51. The summed E-state index contributed by atoms with van der Waals surface area (Å²) in [6, 6.07) is 25.8. The Morgan fingerprint density at radius 3 is 0.718 bits per heavy atom. The van der Waals surface area contributed by atoms with Crippen LogP contribution in [0.15, 0.2) is 72.8 Å². The molecule has 4 aromatic carbocycles. The zero-order chi connectivity index (χ0) is 27.4. The van der Waals surface area contributed by atoms with Gasteiger partial charge in [0.05, 0.1) is 0 Å². The van der Waals surface area contributed by atoms with Gasteiger partial charge in [0.2, 0.25) is 0 Å². The monoisotopic (exact) mass is 528 g/mol. The highest BCUT2D eigenvalue weighted by Gasteiger charge is 1.97. The third kappa shape index (κ3) is 15.2. The van der Waals surface area contributed by atoms with Crippen molar-refractivity contribution < 1.29 is 0 Å². The van der Waals surface area contributed by atoms with Crippen LogP contribution in [0.1, 0.15) is 89.0 Å². The summed E-state index contributed by atoms with van der Waals surface area (Å²) in [6.45, 7) is 25.6. The van der Waals surface area contributed by atoms with Crippen molar-refractivity contribution in [1.29, 1.82) is 0 Å². The molecule has 0 N–H and O–H groups in total. The van der Waals surface area contributed by atoms with Crippen molar-refractivity contribution in [3.8, 4) is 0 Å². The van der Waals surface area contributed by atoms with Crippen LogP contribution in [0.25, 0.3) is 0 Å². The van der Waals surface area contributed by atoms with Crippen LogP contribution in [0.4, 0.5) is 0 Å². The van der Waals surface area contributed by atoms with Gasteiger partial charge < -0.3 is 0 Å². The maximum Gasteiger partial charge on any atom is -0.0392 e. The lowest BCUT2D eigenvalue weighted by molar-refractivity contribution is 1.22. The highest BCUT2D eigenvalue weighted by Crippen LogP contribution is 2.15. The molecule has 0 heterocycles. The van der Waals surface area contributed by atoms with E-state index in [-0.39, 0.29) is 22.3 Å². The van der Waals surface area contributed by atoms with E-state index in [9.17, 15) is 0 Å². The Morgan fingerprint density at radius 1 is 0.256 bits per heavy atom. The summed E-state index contributed by atoms with van der Waals surface area (Å²) >= 11 is 0. The van der Waals surface area contributed by atoms with Crippen molar-refractivity contribution in [3.63, 3.8) is 0 Å². The van der Waals surface area contributed by atoms with Crippen LogP contribution >= 0.6 is 0 Å². The molecule has 0 spiro atoms. The van der Waals surface area contributed by atoms with Crippen molar-refractivity contribution in [2.75, 3.05) is 0 Å². The van der Waals surface area contributed by atoms with E-state index in [4.69, 9.17) is 0 Å². The minimum absolute atomic E-state index is 0. The molecule has 0 aliphatic heterocycles. The standard InChI is InChI=1S/C10H14.2C9H12.C8H10.3CH4/c1-7-5-6-8(2)10(4)9(7)3;2*1-7-4-5-8(2)9(3)6-7;1-7-3-5-8(2)6-4-7;;;/h5-6H,1-4H3;2*4-6H,1-3H3;3-6H,1-2H3;3*1H4. The topological polar surface area (TPSA) is 0 Å². The molecular formula is C39H60. The van der Waals surface area contributed by atoms with Crippen LogP contribution in [0.5, 0.6) is 0 Å². The van der Waals surface area contributed by atoms with Crippen molar-refractivity contribution >= 4 is 0 Å². The molecule has 39 heavy (non-hydrogen) atoms. The molecule has 0 bridgehead atoms. The highest BCUT2D eigenvalue weighted by atomic mass is 14.0. The minimum atomic E-state index is 0. The van der Waals surface area contributed by atoms with Gasteiger partial charge >= 0.3 is 0 Å². The molecule has 0 radical (unpaired) electrons. The zero-order valence-corrected chi connectivity index (χ0v) is 24.9. The Balaban J connectivity index is -0.000000433. The van der Waals surface area contributed by atoms with E-state index in [0.717, 1.165) is 0 Å². The number of benzene rings is 4. The van der Waals surface area contributed by atoms with Gasteiger partial charge in [-0.2, -0.15) is 0 Å². The molecule has 0 heteroatoms. The van der Waals surface area contributed by atoms with Crippen LogP contribution in [0, 0.1) is 83.1 Å². The lowest BCUT2D eigenvalue weighted by Crippen LogP contribution is -1.88. The van der Waals surface area contributed by atoms with Gasteiger partial charge in [0, 0.05) is 0 Å². The predicted molar refractivity (Wildman–Crippen MR) is 183 cm³/mol. The maximum absolute atomic E-state index is 2.20. The van der Waals surface area contributed by atoms with E-state index in [1.54, 1.807) is 0 Å². The van der Waals surface area contributed by atoms with E-state index in [1.165, 1.54) is 66.8 Å². The second-order valence-corrected chi connectivity index (χ2v) is 10.3. The summed E-state index contributed by atoms with van der Waals surface area (Å²) in [5.74, 6) is 0. The lowest BCUT2D eigenvalue weighted by atomic mass is 10.0. The summed E-state index contributed by atoms with van der Waals surface area (Å²) < 4.78 is 0.